The molecule has 1 aromatic heterocycles. The molecule has 0 aliphatic rings. The summed E-state index contributed by atoms with van der Waals surface area (Å²) in [6, 6.07) is 3.71. The monoisotopic (exact) mass is 171 g/mol. The van der Waals surface area contributed by atoms with Gasteiger partial charge in [-0.1, -0.05) is 11.8 Å². The van der Waals surface area contributed by atoms with Crippen molar-refractivity contribution in [1.82, 2.24) is 4.98 Å². The molecular formula is C10H9N3. The Labute approximate surface area is 77.2 Å². The second-order valence-corrected chi connectivity index (χ2v) is 2.56. The Bertz CT molecular complexity index is 404. The molecule has 64 valence electrons. The summed E-state index contributed by atoms with van der Waals surface area (Å²) >= 11 is 0. The number of aromatic nitrogens is 1. The summed E-state index contributed by atoms with van der Waals surface area (Å²) < 4.78 is 0. The maximum Gasteiger partial charge on any atom is 0.123 e. The first-order valence-corrected chi connectivity index (χ1v) is 3.82. The number of nitriles is 1. The lowest BCUT2D eigenvalue weighted by molar-refractivity contribution is 1.27. The molecule has 1 rings (SSSR count). The number of hydrogen-bond acceptors (Lipinski definition) is 3. The Hall–Kier alpha value is -2.00. The Balaban J connectivity index is 2.93. The van der Waals surface area contributed by atoms with Gasteiger partial charge in [0.2, 0.25) is 0 Å². The minimum Gasteiger partial charge on any atom is -0.384 e. The Morgan fingerprint density at radius 1 is 1.62 bits per heavy atom. The van der Waals surface area contributed by atoms with Gasteiger partial charge < -0.3 is 5.73 Å². The van der Waals surface area contributed by atoms with Gasteiger partial charge in [-0.05, 0) is 18.6 Å². The van der Waals surface area contributed by atoms with E-state index in [-0.39, 0.29) is 6.42 Å². The summed E-state index contributed by atoms with van der Waals surface area (Å²) in [7, 11) is 0. The number of rotatable bonds is 0. The van der Waals surface area contributed by atoms with E-state index in [1.165, 1.54) is 0 Å². The Morgan fingerprint density at radius 3 is 3.00 bits per heavy atom. The summed E-state index contributed by atoms with van der Waals surface area (Å²) in [5.41, 5.74) is 7.28. The van der Waals surface area contributed by atoms with Crippen LogP contribution in [0.3, 0.4) is 0 Å². The zero-order valence-electron chi connectivity index (χ0n) is 7.33. The molecule has 0 unspecified atom stereocenters. The van der Waals surface area contributed by atoms with Crippen LogP contribution < -0.4 is 5.73 Å². The molecular weight excluding hydrogens is 162 g/mol. The first-order chi connectivity index (χ1) is 6.24. The maximum absolute atomic E-state index is 8.27. The highest BCUT2D eigenvalue weighted by Crippen LogP contribution is 2.07. The third-order valence-electron chi connectivity index (χ3n) is 1.52. The molecule has 0 saturated heterocycles. The molecule has 13 heavy (non-hydrogen) atoms. The number of aryl methyl sites for hydroxylation is 1. The minimum atomic E-state index is 0.240. The molecule has 0 aliphatic heterocycles. The molecule has 0 saturated carbocycles. The molecule has 1 aromatic rings. The van der Waals surface area contributed by atoms with E-state index in [0.29, 0.717) is 5.82 Å². The van der Waals surface area contributed by atoms with Gasteiger partial charge in [0, 0.05) is 11.8 Å². The van der Waals surface area contributed by atoms with Crippen molar-refractivity contribution in [2.24, 2.45) is 0 Å². The smallest absolute Gasteiger partial charge is 0.123 e. The van der Waals surface area contributed by atoms with Crippen molar-refractivity contribution in [2.75, 3.05) is 5.73 Å². The van der Waals surface area contributed by atoms with Crippen LogP contribution in [0.15, 0.2) is 12.3 Å². The van der Waals surface area contributed by atoms with E-state index in [2.05, 4.69) is 16.8 Å². The highest BCUT2D eigenvalue weighted by atomic mass is 14.8. The number of nitrogens with zero attached hydrogens (tertiary/aromatic N) is 2. The third kappa shape index (κ3) is 2.50. The van der Waals surface area contributed by atoms with Crippen LogP contribution in [0.5, 0.6) is 0 Å². The summed E-state index contributed by atoms with van der Waals surface area (Å²) in [4.78, 5) is 3.91. The maximum atomic E-state index is 8.27. The fourth-order valence-corrected chi connectivity index (χ4v) is 0.888. The molecule has 3 nitrogen and oxygen atoms in total. The third-order valence-corrected chi connectivity index (χ3v) is 1.52. The van der Waals surface area contributed by atoms with Gasteiger partial charge >= 0.3 is 0 Å². The van der Waals surface area contributed by atoms with Crippen LogP contribution in [-0.2, 0) is 0 Å². The zero-order valence-corrected chi connectivity index (χ0v) is 7.33. The molecule has 2 N–H and O–H groups in total. The van der Waals surface area contributed by atoms with Crippen LogP contribution >= 0.6 is 0 Å². The van der Waals surface area contributed by atoms with Crippen LogP contribution in [0.4, 0.5) is 5.82 Å². The predicted molar refractivity (Wildman–Crippen MR) is 50.5 cm³/mol. The average Bonchev–Trinajstić information content (AvgIpc) is 2.09. The number of anilines is 1. The summed E-state index contributed by atoms with van der Waals surface area (Å²) in [5.74, 6) is 6.06. The van der Waals surface area contributed by atoms with E-state index in [4.69, 9.17) is 11.0 Å². The van der Waals surface area contributed by atoms with Crippen molar-refractivity contribution < 1.29 is 0 Å². The van der Waals surface area contributed by atoms with Crippen LogP contribution in [0.25, 0.3) is 0 Å². The molecule has 3 heteroatoms. The summed E-state index contributed by atoms with van der Waals surface area (Å²) in [5, 5.41) is 8.27. The Morgan fingerprint density at radius 2 is 2.38 bits per heavy atom. The quantitative estimate of drug-likeness (QED) is 0.597. The number of hydrogen-bond donors (Lipinski definition) is 1. The lowest BCUT2D eigenvalue weighted by Crippen LogP contribution is -1.92. The number of nitrogens with two attached hydrogens (primary N) is 1. The SMILES string of the molecule is Cc1cc(N)ncc1C#CCC#N. The highest BCUT2D eigenvalue weighted by molar-refractivity contribution is 5.44. The molecule has 1 heterocycles. The number of nitrogen functional groups attached to an aromatic ring is 1. The largest absolute Gasteiger partial charge is 0.384 e. The van der Waals surface area contributed by atoms with Gasteiger partial charge in [-0.2, -0.15) is 5.26 Å². The van der Waals surface area contributed by atoms with Gasteiger partial charge in [0.05, 0.1) is 12.5 Å². The fraction of sp³-hybridized carbons (Fsp3) is 0.200. The standard InChI is InChI=1S/C10H9N3/c1-8-6-10(12)13-7-9(8)4-2-3-5-11/h6-7H,3H2,1H3,(H2,12,13). The minimum absolute atomic E-state index is 0.240. The first-order valence-electron chi connectivity index (χ1n) is 3.82. The Kier molecular flexibility index (Phi) is 2.89. The highest BCUT2D eigenvalue weighted by Gasteiger charge is 1.94. The van der Waals surface area contributed by atoms with Gasteiger partial charge in [-0.15, -0.1) is 0 Å². The molecule has 0 fully saturated rings. The topological polar surface area (TPSA) is 62.7 Å². The van der Waals surface area contributed by atoms with Crippen molar-refractivity contribution in [2.45, 2.75) is 13.3 Å². The lowest BCUT2D eigenvalue weighted by Gasteiger charge is -1.97. The zero-order chi connectivity index (χ0) is 9.68. The van der Waals surface area contributed by atoms with Crippen molar-refractivity contribution in [3.8, 4) is 17.9 Å². The molecule has 0 bridgehead atoms. The van der Waals surface area contributed by atoms with Crippen molar-refractivity contribution in [3.63, 3.8) is 0 Å². The molecule has 0 spiro atoms. The number of pyridine rings is 1. The van der Waals surface area contributed by atoms with E-state index >= 15 is 0 Å². The van der Waals surface area contributed by atoms with Gasteiger partial charge in [-0.3, -0.25) is 0 Å². The van der Waals surface area contributed by atoms with Crippen LogP contribution in [0.2, 0.25) is 0 Å². The second-order valence-electron chi connectivity index (χ2n) is 2.56. The molecule has 0 radical (unpaired) electrons. The first kappa shape index (κ1) is 9.09. The van der Waals surface area contributed by atoms with Crippen LogP contribution in [0.1, 0.15) is 17.5 Å². The summed E-state index contributed by atoms with van der Waals surface area (Å²) in [6.45, 7) is 1.91. The van der Waals surface area contributed by atoms with E-state index < -0.39 is 0 Å². The van der Waals surface area contributed by atoms with E-state index in [9.17, 15) is 0 Å². The predicted octanol–water partition coefficient (Wildman–Crippen LogP) is 1.24. The van der Waals surface area contributed by atoms with E-state index in [1.807, 2.05) is 13.0 Å². The van der Waals surface area contributed by atoms with Crippen LogP contribution in [0, 0.1) is 30.1 Å². The van der Waals surface area contributed by atoms with Crippen molar-refractivity contribution in [1.29, 1.82) is 5.26 Å². The second kappa shape index (κ2) is 4.13. The normalized spacial score (nSPS) is 8.31. The summed E-state index contributed by atoms with van der Waals surface area (Å²) in [6.07, 6.45) is 1.86. The van der Waals surface area contributed by atoms with Crippen molar-refractivity contribution in [3.05, 3.63) is 23.4 Å². The van der Waals surface area contributed by atoms with E-state index in [1.54, 1.807) is 12.3 Å². The molecule has 0 aliphatic carbocycles. The lowest BCUT2D eigenvalue weighted by atomic mass is 10.1. The molecule has 0 atom stereocenters. The average molecular weight is 171 g/mol. The van der Waals surface area contributed by atoms with Gasteiger partial charge in [0.1, 0.15) is 5.82 Å². The molecule has 0 amide bonds. The van der Waals surface area contributed by atoms with Gasteiger partial charge in [-0.25, -0.2) is 4.98 Å². The van der Waals surface area contributed by atoms with Crippen molar-refractivity contribution >= 4 is 5.82 Å². The fourth-order valence-electron chi connectivity index (χ4n) is 0.888. The van der Waals surface area contributed by atoms with Gasteiger partial charge in [0.25, 0.3) is 0 Å². The van der Waals surface area contributed by atoms with Gasteiger partial charge in [0.15, 0.2) is 0 Å². The van der Waals surface area contributed by atoms with E-state index in [0.717, 1.165) is 11.1 Å². The van der Waals surface area contributed by atoms with Crippen LogP contribution in [-0.4, -0.2) is 4.98 Å². The molecule has 0 aromatic carbocycles.